The zero-order valence-electron chi connectivity index (χ0n) is 20.8. The molecular formula is C27H30N6O3S. The Hall–Kier alpha value is -3.76. The van der Waals surface area contributed by atoms with Crippen molar-refractivity contribution < 1.29 is 12.9 Å². The Labute approximate surface area is 216 Å². The van der Waals surface area contributed by atoms with E-state index in [9.17, 15) is 8.42 Å². The van der Waals surface area contributed by atoms with E-state index in [1.54, 1.807) is 50.4 Å². The van der Waals surface area contributed by atoms with Crippen molar-refractivity contribution in [3.05, 3.63) is 60.8 Å². The van der Waals surface area contributed by atoms with Gasteiger partial charge >= 0.3 is 0 Å². The van der Waals surface area contributed by atoms with Crippen LogP contribution in [0.3, 0.4) is 0 Å². The van der Waals surface area contributed by atoms with Crippen molar-refractivity contribution in [3.8, 4) is 34.0 Å². The van der Waals surface area contributed by atoms with E-state index in [1.165, 1.54) is 12.8 Å². The summed E-state index contributed by atoms with van der Waals surface area (Å²) in [6.07, 6.45) is 3.98. The van der Waals surface area contributed by atoms with Gasteiger partial charge < -0.3 is 20.9 Å². The lowest BCUT2D eigenvalue weighted by molar-refractivity contribution is 0.434. The largest absolute Gasteiger partial charge is 0.383 e. The van der Waals surface area contributed by atoms with E-state index >= 15 is 0 Å². The van der Waals surface area contributed by atoms with E-state index in [0.29, 0.717) is 34.4 Å². The highest BCUT2D eigenvalue weighted by Crippen LogP contribution is 2.30. The van der Waals surface area contributed by atoms with Crippen molar-refractivity contribution in [2.24, 2.45) is 0 Å². The van der Waals surface area contributed by atoms with Gasteiger partial charge in [-0.05, 0) is 57.5 Å². The number of nitrogen functional groups attached to an aromatic ring is 1. The molecule has 3 heterocycles. The lowest BCUT2D eigenvalue weighted by Gasteiger charge is -2.12. The fourth-order valence-corrected chi connectivity index (χ4v) is 5.32. The third kappa shape index (κ3) is 5.35. The first-order chi connectivity index (χ1) is 17.8. The van der Waals surface area contributed by atoms with Gasteiger partial charge in [-0.15, -0.1) is 0 Å². The van der Waals surface area contributed by atoms with Crippen molar-refractivity contribution >= 4 is 21.3 Å². The number of aromatic nitrogens is 3. The summed E-state index contributed by atoms with van der Waals surface area (Å²) in [5.74, 6) is 0.612. The summed E-state index contributed by atoms with van der Waals surface area (Å²) in [7, 11) is -3.35. The fraction of sp³-hybridized carbons (Fsp3) is 0.296. The molecule has 1 unspecified atom stereocenters. The van der Waals surface area contributed by atoms with E-state index in [1.807, 2.05) is 24.3 Å². The quantitative estimate of drug-likeness (QED) is 0.310. The standard InChI is InChI=1S/C27H30N6O3S/c1-17(2)37(34,35)22-11-7-19(8-12-22)24-16-31-27(28)26(32-24)25-14-23(33-36-25)18-5-9-20(10-6-18)30-15-21-4-3-13-29-21/h5-12,14,16-17,21,29-30H,3-4,13,15H2,1-2H3,(H2,28,31). The van der Waals surface area contributed by atoms with Gasteiger partial charge in [0.1, 0.15) is 5.69 Å². The summed E-state index contributed by atoms with van der Waals surface area (Å²) in [5.41, 5.74) is 10.4. The van der Waals surface area contributed by atoms with E-state index in [-0.39, 0.29) is 10.7 Å². The van der Waals surface area contributed by atoms with Crippen molar-refractivity contribution in [2.45, 2.75) is 42.9 Å². The van der Waals surface area contributed by atoms with Crippen molar-refractivity contribution in [1.82, 2.24) is 20.4 Å². The summed E-state index contributed by atoms with van der Waals surface area (Å²) in [4.78, 5) is 9.18. The molecule has 1 fully saturated rings. The number of hydrogen-bond donors (Lipinski definition) is 3. The number of benzene rings is 2. The zero-order chi connectivity index (χ0) is 26.0. The second-order valence-electron chi connectivity index (χ2n) is 9.44. The summed E-state index contributed by atoms with van der Waals surface area (Å²) in [6, 6.07) is 16.9. The summed E-state index contributed by atoms with van der Waals surface area (Å²) in [5, 5.41) is 10.7. The van der Waals surface area contributed by atoms with Crippen LogP contribution in [0.4, 0.5) is 11.5 Å². The van der Waals surface area contributed by atoms with Crippen LogP contribution in [0.25, 0.3) is 34.0 Å². The highest BCUT2D eigenvalue weighted by atomic mass is 32.2. The molecule has 192 valence electrons. The van der Waals surface area contributed by atoms with Crippen LogP contribution < -0.4 is 16.4 Å². The summed E-state index contributed by atoms with van der Waals surface area (Å²) in [6.45, 7) is 5.31. The molecule has 2 aromatic heterocycles. The molecule has 0 radical (unpaired) electrons. The molecule has 37 heavy (non-hydrogen) atoms. The number of anilines is 2. The maximum absolute atomic E-state index is 12.4. The molecule has 10 heteroatoms. The Morgan fingerprint density at radius 1 is 1.08 bits per heavy atom. The molecule has 0 aliphatic carbocycles. The Morgan fingerprint density at radius 3 is 2.46 bits per heavy atom. The molecule has 4 aromatic rings. The lowest BCUT2D eigenvalue weighted by atomic mass is 10.1. The minimum absolute atomic E-state index is 0.213. The van der Waals surface area contributed by atoms with Gasteiger partial charge in [0.15, 0.2) is 27.1 Å². The Balaban J connectivity index is 1.34. The van der Waals surface area contributed by atoms with Crippen LogP contribution in [-0.2, 0) is 9.84 Å². The molecular weight excluding hydrogens is 488 g/mol. The van der Waals surface area contributed by atoms with Gasteiger partial charge in [0, 0.05) is 35.5 Å². The van der Waals surface area contributed by atoms with Gasteiger partial charge in [0.25, 0.3) is 0 Å². The van der Waals surface area contributed by atoms with Crippen molar-refractivity contribution in [3.63, 3.8) is 0 Å². The van der Waals surface area contributed by atoms with Crippen LogP contribution in [0.15, 0.2) is 70.2 Å². The Kier molecular flexibility index (Phi) is 6.94. The molecule has 1 saturated heterocycles. The maximum Gasteiger partial charge on any atom is 0.189 e. The predicted molar refractivity (Wildman–Crippen MR) is 145 cm³/mol. The predicted octanol–water partition coefficient (Wildman–Crippen LogP) is 4.39. The van der Waals surface area contributed by atoms with Crippen LogP contribution in [0.2, 0.25) is 0 Å². The highest BCUT2D eigenvalue weighted by molar-refractivity contribution is 7.92. The first-order valence-electron chi connectivity index (χ1n) is 12.3. The number of sulfone groups is 1. The molecule has 1 aliphatic heterocycles. The minimum atomic E-state index is -3.35. The van der Waals surface area contributed by atoms with Crippen molar-refractivity contribution in [2.75, 3.05) is 24.1 Å². The number of nitrogens with two attached hydrogens (primary N) is 1. The number of hydrogen-bond acceptors (Lipinski definition) is 9. The molecule has 1 aliphatic rings. The lowest BCUT2D eigenvalue weighted by Crippen LogP contribution is -2.29. The minimum Gasteiger partial charge on any atom is -0.383 e. The third-order valence-corrected chi connectivity index (χ3v) is 8.71. The van der Waals surface area contributed by atoms with Gasteiger partial charge in [-0.25, -0.2) is 18.4 Å². The summed E-state index contributed by atoms with van der Waals surface area (Å²) >= 11 is 0. The first-order valence-corrected chi connectivity index (χ1v) is 13.9. The van der Waals surface area contributed by atoms with Crippen LogP contribution in [0.1, 0.15) is 26.7 Å². The fourth-order valence-electron chi connectivity index (χ4n) is 4.26. The Morgan fingerprint density at radius 2 is 1.78 bits per heavy atom. The highest BCUT2D eigenvalue weighted by Gasteiger charge is 2.20. The van der Waals surface area contributed by atoms with Gasteiger partial charge in [-0.2, -0.15) is 0 Å². The molecule has 0 saturated carbocycles. The van der Waals surface area contributed by atoms with Gasteiger partial charge in [0.2, 0.25) is 0 Å². The van der Waals surface area contributed by atoms with E-state index in [4.69, 9.17) is 10.3 Å². The Bertz CT molecular complexity index is 1480. The molecule has 0 amide bonds. The first kappa shape index (κ1) is 24.9. The molecule has 0 spiro atoms. The van der Waals surface area contributed by atoms with Crippen LogP contribution in [0.5, 0.6) is 0 Å². The molecule has 5 rings (SSSR count). The number of nitrogens with one attached hydrogen (secondary N) is 2. The van der Waals surface area contributed by atoms with E-state index in [2.05, 4.69) is 25.8 Å². The second kappa shape index (κ2) is 10.3. The monoisotopic (exact) mass is 518 g/mol. The average molecular weight is 519 g/mol. The number of nitrogens with zero attached hydrogens (tertiary/aromatic N) is 3. The van der Waals surface area contributed by atoms with E-state index < -0.39 is 15.1 Å². The second-order valence-corrected chi connectivity index (χ2v) is 11.9. The van der Waals surface area contributed by atoms with E-state index in [0.717, 1.165) is 24.3 Å². The molecule has 9 nitrogen and oxygen atoms in total. The zero-order valence-corrected chi connectivity index (χ0v) is 21.6. The van der Waals surface area contributed by atoms with Crippen LogP contribution in [-0.4, -0.2) is 47.9 Å². The van der Waals surface area contributed by atoms with Gasteiger partial charge in [-0.3, -0.25) is 0 Å². The smallest absolute Gasteiger partial charge is 0.189 e. The molecule has 0 bridgehead atoms. The van der Waals surface area contributed by atoms with Crippen molar-refractivity contribution in [1.29, 1.82) is 0 Å². The van der Waals surface area contributed by atoms with Crippen LogP contribution in [0, 0.1) is 0 Å². The SMILES string of the molecule is CC(C)S(=O)(=O)c1ccc(-c2cnc(N)c(-c3cc(-c4ccc(NCC5CCCN5)cc4)no3)n2)cc1. The third-order valence-electron chi connectivity index (χ3n) is 6.54. The van der Waals surface area contributed by atoms with Gasteiger partial charge in [-0.1, -0.05) is 29.4 Å². The summed E-state index contributed by atoms with van der Waals surface area (Å²) < 4.78 is 30.4. The average Bonchev–Trinajstić information content (AvgIpc) is 3.61. The van der Waals surface area contributed by atoms with Gasteiger partial charge in [0.05, 0.1) is 22.0 Å². The van der Waals surface area contributed by atoms with Crippen LogP contribution >= 0.6 is 0 Å². The normalized spacial score (nSPS) is 15.8. The topological polar surface area (TPSA) is 136 Å². The molecule has 1 atom stereocenters. The number of rotatable bonds is 8. The maximum atomic E-state index is 12.4. The molecule has 2 aromatic carbocycles. The molecule has 4 N–H and O–H groups in total.